The molecule has 0 heterocycles. The summed E-state index contributed by atoms with van der Waals surface area (Å²) in [5, 5.41) is 0. The van der Waals surface area contributed by atoms with E-state index >= 15 is 0 Å². The third kappa shape index (κ3) is 7.84. The number of ether oxygens (including phenoxy) is 2. The van der Waals surface area contributed by atoms with Gasteiger partial charge < -0.3 is 9.47 Å². The number of esters is 2. The first kappa shape index (κ1) is 31.1. The van der Waals surface area contributed by atoms with Crippen molar-refractivity contribution in [2.24, 2.45) is 0 Å². The van der Waals surface area contributed by atoms with Crippen LogP contribution in [0.15, 0.2) is 60.7 Å². The van der Waals surface area contributed by atoms with Crippen LogP contribution >= 0.6 is 0 Å². The average Bonchev–Trinajstić information content (AvgIpc) is 2.82. The number of carbonyl (C=O) groups is 2. The molecule has 3 aromatic rings. The summed E-state index contributed by atoms with van der Waals surface area (Å²) in [4.78, 5) is 26.3. The van der Waals surface area contributed by atoms with E-state index in [0.717, 1.165) is 22.3 Å². The zero-order chi connectivity index (χ0) is 30.3. The second-order valence-corrected chi connectivity index (χ2v) is 14.8. The van der Waals surface area contributed by atoms with Gasteiger partial charge in [-0.3, -0.25) is 0 Å². The predicted molar refractivity (Wildman–Crippen MR) is 164 cm³/mol. The lowest BCUT2D eigenvalue weighted by atomic mass is 9.79. The second-order valence-electron chi connectivity index (χ2n) is 14.8. The lowest BCUT2D eigenvalue weighted by molar-refractivity contribution is 0.0719. The Morgan fingerprint density at radius 3 is 0.850 bits per heavy atom. The SMILES string of the molecule is CC(C)(C)c1cc(C(=O)Oc2ccc(OC(=O)c3cc(C(C)(C)C)cc(C(C)(C)C)c3)cc2)cc(C(C)(C)C)c1. The molecule has 0 N–H and O–H groups in total. The summed E-state index contributed by atoms with van der Waals surface area (Å²) in [5.74, 6) is -0.0777. The van der Waals surface area contributed by atoms with Crippen molar-refractivity contribution in [3.8, 4) is 11.5 Å². The molecule has 0 spiro atoms. The summed E-state index contributed by atoms with van der Waals surface area (Å²) < 4.78 is 11.4. The molecule has 3 aromatic carbocycles. The summed E-state index contributed by atoms with van der Waals surface area (Å²) in [6.07, 6.45) is 0. The molecule has 0 aliphatic heterocycles. The Labute approximate surface area is 241 Å². The van der Waals surface area contributed by atoms with Crippen LogP contribution in [0.5, 0.6) is 11.5 Å². The summed E-state index contributed by atoms with van der Waals surface area (Å²) in [5.41, 5.74) is 4.92. The Morgan fingerprint density at radius 2 is 0.650 bits per heavy atom. The zero-order valence-corrected chi connectivity index (χ0v) is 26.4. The van der Waals surface area contributed by atoms with Crippen LogP contribution in [-0.2, 0) is 21.7 Å². The van der Waals surface area contributed by atoms with Crippen molar-refractivity contribution in [1.82, 2.24) is 0 Å². The van der Waals surface area contributed by atoms with Crippen molar-refractivity contribution in [1.29, 1.82) is 0 Å². The highest BCUT2D eigenvalue weighted by molar-refractivity contribution is 5.92. The first-order valence-corrected chi connectivity index (χ1v) is 14.0. The van der Waals surface area contributed by atoms with Gasteiger partial charge in [-0.1, -0.05) is 95.2 Å². The largest absolute Gasteiger partial charge is 0.423 e. The van der Waals surface area contributed by atoms with Gasteiger partial charge in [0.15, 0.2) is 0 Å². The fourth-order valence-electron chi connectivity index (χ4n) is 4.13. The van der Waals surface area contributed by atoms with Crippen molar-refractivity contribution in [3.63, 3.8) is 0 Å². The molecular formula is C36H46O4. The smallest absolute Gasteiger partial charge is 0.343 e. The molecule has 0 unspecified atom stereocenters. The molecule has 4 heteroatoms. The molecule has 0 saturated heterocycles. The van der Waals surface area contributed by atoms with E-state index in [-0.39, 0.29) is 21.7 Å². The highest BCUT2D eigenvalue weighted by Gasteiger charge is 2.24. The van der Waals surface area contributed by atoms with Crippen LogP contribution in [0.2, 0.25) is 0 Å². The molecule has 0 radical (unpaired) electrons. The van der Waals surface area contributed by atoms with Gasteiger partial charge >= 0.3 is 11.9 Å². The summed E-state index contributed by atoms with van der Waals surface area (Å²) in [6, 6.07) is 18.5. The molecule has 214 valence electrons. The Balaban J connectivity index is 1.81. The minimum Gasteiger partial charge on any atom is -0.423 e. The standard InChI is InChI=1S/C36H46O4/c1-33(2,3)25-17-23(18-26(21-25)34(4,5)6)31(37)39-29-13-15-30(16-14-29)40-32(38)24-19-27(35(7,8)9)22-28(20-24)36(10,11)12/h13-22H,1-12H3. The highest BCUT2D eigenvalue weighted by atomic mass is 16.5. The van der Waals surface area contributed by atoms with Crippen LogP contribution in [0.4, 0.5) is 0 Å². The number of hydrogen-bond donors (Lipinski definition) is 0. The van der Waals surface area contributed by atoms with Crippen LogP contribution in [0, 0.1) is 0 Å². The van der Waals surface area contributed by atoms with Gasteiger partial charge in [0.1, 0.15) is 11.5 Å². The summed E-state index contributed by atoms with van der Waals surface area (Å²) in [6.45, 7) is 25.6. The quantitative estimate of drug-likeness (QED) is 0.243. The number of hydrogen-bond acceptors (Lipinski definition) is 4. The molecule has 0 aliphatic rings. The maximum absolute atomic E-state index is 13.1. The molecule has 0 amide bonds. The molecular weight excluding hydrogens is 496 g/mol. The van der Waals surface area contributed by atoms with Crippen molar-refractivity contribution in [3.05, 3.63) is 94.0 Å². The van der Waals surface area contributed by atoms with E-state index < -0.39 is 11.9 Å². The fourth-order valence-corrected chi connectivity index (χ4v) is 4.13. The monoisotopic (exact) mass is 542 g/mol. The third-order valence-corrected chi connectivity index (χ3v) is 7.05. The van der Waals surface area contributed by atoms with Crippen LogP contribution in [0.1, 0.15) is 126 Å². The lowest BCUT2D eigenvalue weighted by Crippen LogP contribution is -2.19. The van der Waals surface area contributed by atoms with Gasteiger partial charge in [0.05, 0.1) is 11.1 Å². The van der Waals surface area contributed by atoms with Crippen LogP contribution < -0.4 is 9.47 Å². The first-order valence-electron chi connectivity index (χ1n) is 14.0. The van der Waals surface area contributed by atoms with Gasteiger partial charge in [-0.25, -0.2) is 9.59 Å². The normalized spacial score (nSPS) is 12.7. The predicted octanol–water partition coefficient (Wildman–Crippen LogP) is 9.32. The first-order chi connectivity index (χ1) is 18.1. The second kappa shape index (κ2) is 10.9. The van der Waals surface area contributed by atoms with Gasteiger partial charge in [0.2, 0.25) is 0 Å². The van der Waals surface area contributed by atoms with Crippen LogP contribution in [0.25, 0.3) is 0 Å². The molecule has 0 fully saturated rings. The molecule has 3 rings (SSSR count). The highest BCUT2D eigenvalue weighted by Crippen LogP contribution is 2.32. The summed E-state index contributed by atoms with van der Waals surface area (Å²) in [7, 11) is 0. The average molecular weight is 543 g/mol. The van der Waals surface area contributed by atoms with Gasteiger partial charge in [-0.15, -0.1) is 0 Å². The molecule has 0 saturated carbocycles. The third-order valence-electron chi connectivity index (χ3n) is 7.05. The van der Waals surface area contributed by atoms with Crippen LogP contribution in [-0.4, -0.2) is 11.9 Å². The van der Waals surface area contributed by atoms with Crippen molar-refractivity contribution < 1.29 is 19.1 Å². The Bertz CT molecular complexity index is 1210. The van der Waals surface area contributed by atoms with Crippen molar-refractivity contribution >= 4 is 11.9 Å². The number of benzene rings is 3. The minimum atomic E-state index is -0.421. The maximum atomic E-state index is 13.1. The van der Waals surface area contributed by atoms with Crippen molar-refractivity contribution in [2.45, 2.75) is 105 Å². The Kier molecular flexibility index (Phi) is 8.46. The van der Waals surface area contributed by atoms with E-state index in [1.54, 1.807) is 24.3 Å². The Morgan fingerprint density at radius 1 is 0.425 bits per heavy atom. The molecule has 0 aromatic heterocycles. The van der Waals surface area contributed by atoms with Gasteiger partial charge in [0, 0.05) is 0 Å². The van der Waals surface area contributed by atoms with E-state index in [4.69, 9.17) is 9.47 Å². The molecule has 0 aliphatic carbocycles. The Hall–Kier alpha value is -3.40. The molecule has 0 atom stereocenters. The summed E-state index contributed by atoms with van der Waals surface area (Å²) >= 11 is 0. The van der Waals surface area contributed by atoms with E-state index in [9.17, 15) is 9.59 Å². The van der Waals surface area contributed by atoms with Gasteiger partial charge in [-0.2, -0.15) is 0 Å². The van der Waals surface area contributed by atoms with E-state index in [1.165, 1.54) is 0 Å². The number of carbonyl (C=O) groups excluding carboxylic acids is 2. The zero-order valence-electron chi connectivity index (χ0n) is 26.4. The van der Waals surface area contributed by atoms with Crippen molar-refractivity contribution in [2.75, 3.05) is 0 Å². The number of rotatable bonds is 4. The van der Waals surface area contributed by atoms with Gasteiger partial charge in [0.25, 0.3) is 0 Å². The maximum Gasteiger partial charge on any atom is 0.343 e. The molecule has 40 heavy (non-hydrogen) atoms. The van der Waals surface area contributed by atoms with E-state index in [2.05, 4.69) is 95.2 Å². The molecule has 4 nitrogen and oxygen atoms in total. The topological polar surface area (TPSA) is 52.6 Å². The van der Waals surface area contributed by atoms with Gasteiger partial charge in [-0.05, 0) is 92.4 Å². The lowest BCUT2D eigenvalue weighted by Gasteiger charge is -2.26. The van der Waals surface area contributed by atoms with E-state index in [0.29, 0.717) is 22.6 Å². The fraction of sp³-hybridized carbons (Fsp3) is 0.444. The molecule has 0 bridgehead atoms. The van der Waals surface area contributed by atoms with E-state index in [1.807, 2.05) is 24.3 Å². The minimum absolute atomic E-state index is 0.109. The van der Waals surface area contributed by atoms with Crippen LogP contribution in [0.3, 0.4) is 0 Å².